The number of aliphatic hydroxyl groups excluding tert-OH is 1. The molecule has 1 spiro atoms. The van der Waals surface area contributed by atoms with Crippen LogP contribution in [0.15, 0.2) is 42.9 Å². The number of aromatic nitrogens is 2. The van der Waals surface area contributed by atoms with E-state index in [1.807, 2.05) is 0 Å². The number of likely N-dealkylation sites (tertiary alicyclic amines) is 2. The molecule has 2 aromatic rings. The molecule has 3 fully saturated rings. The Morgan fingerprint density at radius 3 is 2.63 bits per heavy atom. The summed E-state index contributed by atoms with van der Waals surface area (Å²) in [4.78, 5) is 26.4. The van der Waals surface area contributed by atoms with Gasteiger partial charge in [-0.15, -0.1) is 0 Å². The smallest absolute Gasteiger partial charge is 0.243 e. The highest BCUT2D eigenvalue weighted by Crippen LogP contribution is 2.42. The lowest BCUT2D eigenvalue weighted by Crippen LogP contribution is -2.51. The van der Waals surface area contributed by atoms with Crippen molar-refractivity contribution in [3.05, 3.63) is 48.4 Å². The Labute approximate surface area is 177 Å². The van der Waals surface area contributed by atoms with E-state index in [2.05, 4.69) is 44.0 Å². The van der Waals surface area contributed by atoms with Crippen LogP contribution in [0.3, 0.4) is 0 Å². The van der Waals surface area contributed by atoms with Crippen LogP contribution in [0.1, 0.15) is 50.5 Å². The maximum Gasteiger partial charge on any atom is 0.243 e. The Bertz CT molecular complexity index is 882. The van der Waals surface area contributed by atoms with Crippen molar-refractivity contribution in [1.29, 1.82) is 0 Å². The van der Waals surface area contributed by atoms with Gasteiger partial charge in [-0.3, -0.25) is 19.7 Å². The summed E-state index contributed by atoms with van der Waals surface area (Å²) in [5, 5.41) is 10.5. The Morgan fingerprint density at radius 1 is 1.10 bits per heavy atom. The topological polar surface area (TPSA) is 69.6 Å². The van der Waals surface area contributed by atoms with Crippen molar-refractivity contribution in [3.8, 4) is 11.3 Å². The Hall–Kier alpha value is -2.31. The van der Waals surface area contributed by atoms with Crippen molar-refractivity contribution in [2.75, 3.05) is 13.1 Å². The number of β-amino-alcohol motifs (C(OH)–C–C–N with tert-alkyl or cyclic N) is 1. The SMILES string of the molecule is O=C1N(C2CCCCC2)CCC12C[C@@H](O)CN2Cc1ccc(-c2cnccn2)cc1. The summed E-state index contributed by atoms with van der Waals surface area (Å²) in [5.74, 6) is 0.252. The van der Waals surface area contributed by atoms with Crippen LogP contribution < -0.4 is 0 Å². The zero-order chi connectivity index (χ0) is 20.6. The van der Waals surface area contributed by atoms with Crippen molar-refractivity contribution in [2.45, 2.75) is 69.2 Å². The van der Waals surface area contributed by atoms with Gasteiger partial charge in [0.25, 0.3) is 0 Å². The lowest BCUT2D eigenvalue weighted by molar-refractivity contribution is -0.139. The fourth-order valence-electron chi connectivity index (χ4n) is 5.68. The molecule has 3 aliphatic rings. The van der Waals surface area contributed by atoms with Crippen LogP contribution in [0.5, 0.6) is 0 Å². The Balaban J connectivity index is 1.33. The highest BCUT2D eigenvalue weighted by Gasteiger charge is 2.56. The highest BCUT2D eigenvalue weighted by atomic mass is 16.3. The summed E-state index contributed by atoms with van der Waals surface area (Å²) in [7, 11) is 0. The average Bonchev–Trinajstić information content (AvgIpc) is 3.29. The van der Waals surface area contributed by atoms with E-state index in [9.17, 15) is 9.90 Å². The van der Waals surface area contributed by atoms with E-state index in [4.69, 9.17) is 0 Å². The van der Waals surface area contributed by atoms with Crippen molar-refractivity contribution in [1.82, 2.24) is 19.8 Å². The number of carbonyl (C=O) groups excluding carboxylic acids is 1. The van der Waals surface area contributed by atoms with Crippen molar-refractivity contribution in [3.63, 3.8) is 0 Å². The van der Waals surface area contributed by atoms with Gasteiger partial charge in [-0.2, -0.15) is 0 Å². The van der Waals surface area contributed by atoms with Gasteiger partial charge in [0, 0.05) is 50.1 Å². The van der Waals surface area contributed by atoms with E-state index in [0.29, 0.717) is 25.6 Å². The molecule has 3 heterocycles. The first kappa shape index (κ1) is 19.6. The normalized spacial score (nSPS) is 28.0. The van der Waals surface area contributed by atoms with Gasteiger partial charge in [-0.25, -0.2) is 0 Å². The number of hydrogen-bond acceptors (Lipinski definition) is 5. The molecule has 6 nitrogen and oxygen atoms in total. The molecule has 1 aliphatic carbocycles. The average molecular weight is 407 g/mol. The third-order valence-electron chi connectivity index (χ3n) is 7.24. The Kier molecular flexibility index (Phi) is 5.29. The minimum atomic E-state index is -0.527. The van der Waals surface area contributed by atoms with Crippen LogP contribution in [0.4, 0.5) is 0 Å². The van der Waals surface area contributed by atoms with E-state index in [1.165, 1.54) is 19.3 Å². The first-order valence-electron chi connectivity index (χ1n) is 11.3. The van der Waals surface area contributed by atoms with Gasteiger partial charge in [0.1, 0.15) is 5.54 Å². The molecule has 2 saturated heterocycles. The van der Waals surface area contributed by atoms with Gasteiger partial charge in [-0.05, 0) is 24.8 Å². The maximum absolute atomic E-state index is 13.6. The van der Waals surface area contributed by atoms with Crippen LogP contribution in [0.2, 0.25) is 0 Å². The number of aliphatic hydroxyl groups is 1. The zero-order valence-electron chi connectivity index (χ0n) is 17.4. The van der Waals surface area contributed by atoms with Crippen LogP contribution in [0, 0.1) is 0 Å². The Morgan fingerprint density at radius 2 is 1.90 bits per heavy atom. The van der Waals surface area contributed by atoms with Crippen LogP contribution >= 0.6 is 0 Å². The molecule has 1 aromatic heterocycles. The highest BCUT2D eigenvalue weighted by molar-refractivity contribution is 5.89. The minimum Gasteiger partial charge on any atom is -0.392 e. The quantitative estimate of drug-likeness (QED) is 0.845. The molecule has 1 aromatic carbocycles. The molecule has 1 unspecified atom stereocenters. The van der Waals surface area contributed by atoms with Gasteiger partial charge in [0.05, 0.1) is 18.0 Å². The molecule has 30 heavy (non-hydrogen) atoms. The van der Waals surface area contributed by atoms with Gasteiger partial charge < -0.3 is 10.0 Å². The molecule has 2 atom stereocenters. The fraction of sp³-hybridized carbons (Fsp3) is 0.542. The summed E-state index contributed by atoms with van der Waals surface area (Å²) >= 11 is 0. The van der Waals surface area contributed by atoms with E-state index in [1.54, 1.807) is 18.6 Å². The molecule has 158 valence electrons. The minimum absolute atomic E-state index is 0.252. The number of benzene rings is 1. The second kappa shape index (κ2) is 8.08. The molecule has 6 heteroatoms. The van der Waals surface area contributed by atoms with Crippen molar-refractivity contribution in [2.24, 2.45) is 0 Å². The van der Waals surface area contributed by atoms with Gasteiger partial charge in [0.15, 0.2) is 0 Å². The van der Waals surface area contributed by atoms with Crippen molar-refractivity contribution < 1.29 is 9.90 Å². The second-order valence-electron chi connectivity index (χ2n) is 9.10. The lowest BCUT2D eigenvalue weighted by atomic mass is 9.91. The maximum atomic E-state index is 13.6. The lowest BCUT2D eigenvalue weighted by Gasteiger charge is -2.36. The molecule has 2 aliphatic heterocycles. The summed E-state index contributed by atoms with van der Waals surface area (Å²) < 4.78 is 0. The largest absolute Gasteiger partial charge is 0.392 e. The van der Waals surface area contributed by atoms with E-state index < -0.39 is 11.6 Å². The number of nitrogens with zero attached hydrogens (tertiary/aromatic N) is 4. The number of carbonyl (C=O) groups is 1. The molecular formula is C24H30N4O2. The molecule has 0 bridgehead atoms. The molecule has 1 N–H and O–H groups in total. The number of amides is 1. The van der Waals surface area contributed by atoms with Crippen molar-refractivity contribution >= 4 is 5.91 Å². The standard InChI is InChI=1S/C24H30N4O2/c29-21-14-24(10-13-28(23(24)30)20-4-2-1-3-5-20)27(17-21)16-18-6-8-19(9-7-18)22-15-25-11-12-26-22/h6-9,11-12,15,20-21,29H,1-5,10,13-14,16-17H2/t21-,24?/m1/s1. The van der Waals surface area contributed by atoms with Gasteiger partial charge in [-0.1, -0.05) is 43.5 Å². The predicted molar refractivity (Wildman–Crippen MR) is 114 cm³/mol. The van der Waals surface area contributed by atoms with E-state index in [-0.39, 0.29) is 5.91 Å². The zero-order valence-corrected chi connectivity index (χ0v) is 17.4. The monoisotopic (exact) mass is 406 g/mol. The predicted octanol–water partition coefficient (Wildman–Crippen LogP) is 3.01. The third kappa shape index (κ3) is 3.52. The molecule has 1 amide bonds. The first-order valence-corrected chi connectivity index (χ1v) is 11.3. The van der Waals surface area contributed by atoms with Gasteiger partial charge >= 0.3 is 0 Å². The second-order valence-corrected chi connectivity index (χ2v) is 9.10. The first-order chi connectivity index (χ1) is 14.7. The summed E-state index contributed by atoms with van der Waals surface area (Å²) in [6, 6.07) is 8.71. The van der Waals surface area contributed by atoms with E-state index in [0.717, 1.165) is 42.6 Å². The summed E-state index contributed by atoms with van der Waals surface area (Å²) in [5.41, 5.74) is 2.51. The molecule has 5 rings (SSSR count). The third-order valence-corrected chi connectivity index (χ3v) is 7.24. The van der Waals surface area contributed by atoms with E-state index >= 15 is 0 Å². The summed E-state index contributed by atoms with van der Waals surface area (Å²) in [6.07, 6.45) is 12.1. The fourth-order valence-corrected chi connectivity index (χ4v) is 5.68. The molecular weight excluding hydrogens is 376 g/mol. The number of rotatable bonds is 4. The van der Waals surface area contributed by atoms with Gasteiger partial charge in [0.2, 0.25) is 5.91 Å². The summed E-state index contributed by atoms with van der Waals surface area (Å²) in [6.45, 7) is 2.08. The molecule has 1 saturated carbocycles. The number of hydrogen-bond donors (Lipinski definition) is 1. The van der Waals surface area contributed by atoms with Crippen LogP contribution in [-0.4, -0.2) is 61.6 Å². The molecule has 0 radical (unpaired) electrons. The van der Waals surface area contributed by atoms with Crippen LogP contribution in [-0.2, 0) is 11.3 Å². The van der Waals surface area contributed by atoms with Crippen LogP contribution in [0.25, 0.3) is 11.3 Å².